The van der Waals surface area contributed by atoms with Crippen molar-refractivity contribution in [3.05, 3.63) is 33.7 Å². The Morgan fingerprint density at radius 2 is 2.00 bits per heavy atom. The molecule has 3 N–H and O–H groups in total. The van der Waals surface area contributed by atoms with Crippen molar-refractivity contribution in [1.82, 2.24) is 10.3 Å². The van der Waals surface area contributed by atoms with Crippen molar-refractivity contribution in [2.45, 2.75) is 38.6 Å². The Bertz CT molecular complexity index is 644. The number of H-pyrrole nitrogens is 1. The quantitative estimate of drug-likeness (QED) is 0.747. The van der Waals surface area contributed by atoms with Crippen molar-refractivity contribution >= 4 is 11.9 Å². The third-order valence-electron chi connectivity index (χ3n) is 3.90. The van der Waals surface area contributed by atoms with Gasteiger partial charge in [-0.3, -0.25) is 9.59 Å². The van der Waals surface area contributed by atoms with Gasteiger partial charge in [-0.1, -0.05) is 13.8 Å². The number of aromatic amines is 1. The van der Waals surface area contributed by atoms with Gasteiger partial charge in [0.15, 0.2) is 0 Å². The third-order valence-corrected chi connectivity index (χ3v) is 3.90. The first-order valence-electron chi connectivity index (χ1n) is 7.69. The van der Waals surface area contributed by atoms with Crippen molar-refractivity contribution in [2.75, 3.05) is 13.2 Å². The maximum Gasteiger partial charge on any atom is 0.329 e. The van der Waals surface area contributed by atoms with Crippen molar-refractivity contribution in [3.8, 4) is 0 Å². The average Bonchev–Trinajstić information content (AvgIpc) is 2.46. The van der Waals surface area contributed by atoms with E-state index in [2.05, 4.69) is 10.3 Å². The second-order valence-electron chi connectivity index (χ2n) is 6.31. The Morgan fingerprint density at radius 1 is 1.35 bits per heavy atom. The molecular formula is C16H22N2O5. The van der Waals surface area contributed by atoms with Gasteiger partial charge in [-0.2, -0.15) is 0 Å². The van der Waals surface area contributed by atoms with Gasteiger partial charge in [0.05, 0.1) is 0 Å². The SMILES string of the molecule is CC(C)Cc1cc(C(=O)NC2(C(=O)O)CCOCC2)cc(=O)[nH]1. The number of carboxylic acids is 1. The zero-order chi connectivity index (χ0) is 17.0. The molecule has 1 aliphatic heterocycles. The fraction of sp³-hybridized carbons (Fsp3) is 0.562. The van der Waals surface area contributed by atoms with Gasteiger partial charge in [0, 0.05) is 43.4 Å². The van der Waals surface area contributed by atoms with Crippen LogP contribution in [-0.4, -0.2) is 40.7 Å². The van der Waals surface area contributed by atoms with Crippen LogP contribution >= 0.6 is 0 Å². The standard InChI is InChI=1S/C16H22N2O5/c1-10(2)7-12-8-11(9-13(19)17-12)14(20)18-16(15(21)22)3-5-23-6-4-16/h8-10H,3-7H2,1-2H3,(H,17,19)(H,18,20)(H,21,22). The van der Waals surface area contributed by atoms with Crippen molar-refractivity contribution < 1.29 is 19.4 Å². The molecule has 1 aromatic rings. The first kappa shape index (κ1) is 17.2. The Labute approximate surface area is 134 Å². The highest BCUT2D eigenvalue weighted by Gasteiger charge is 2.41. The molecule has 126 valence electrons. The number of carboxylic acid groups (broad SMARTS) is 1. The third kappa shape index (κ3) is 4.19. The number of aliphatic carboxylic acids is 1. The molecule has 0 unspecified atom stereocenters. The zero-order valence-electron chi connectivity index (χ0n) is 13.3. The molecule has 1 fully saturated rings. The van der Waals surface area contributed by atoms with Crippen molar-refractivity contribution in [2.24, 2.45) is 5.92 Å². The molecule has 2 heterocycles. The Hall–Kier alpha value is -2.15. The van der Waals surface area contributed by atoms with E-state index in [0.29, 0.717) is 18.0 Å². The number of hydrogen-bond donors (Lipinski definition) is 3. The van der Waals surface area contributed by atoms with Crippen LogP contribution in [0.3, 0.4) is 0 Å². The summed E-state index contributed by atoms with van der Waals surface area (Å²) in [6.45, 7) is 4.57. The number of carbonyl (C=O) groups is 2. The second-order valence-corrected chi connectivity index (χ2v) is 6.31. The van der Waals surface area contributed by atoms with Crippen LogP contribution in [0.5, 0.6) is 0 Å². The summed E-state index contributed by atoms with van der Waals surface area (Å²) >= 11 is 0. The monoisotopic (exact) mass is 322 g/mol. The van der Waals surface area contributed by atoms with E-state index in [9.17, 15) is 19.5 Å². The van der Waals surface area contributed by atoms with Gasteiger partial charge in [-0.05, 0) is 18.4 Å². The lowest BCUT2D eigenvalue weighted by molar-refractivity contribution is -0.148. The van der Waals surface area contributed by atoms with Gasteiger partial charge in [-0.15, -0.1) is 0 Å². The lowest BCUT2D eigenvalue weighted by atomic mass is 9.89. The van der Waals surface area contributed by atoms with E-state index in [0.717, 1.165) is 0 Å². The van der Waals surface area contributed by atoms with Crippen LogP contribution < -0.4 is 10.9 Å². The summed E-state index contributed by atoms with van der Waals surface area (Å²) in [7, 11) is 0. The van der Waals surface area contributed by atoms with Crippen LogP contribution in [0, 0.1) is 5.92 Å². The average molecular weight is 322 g/mol. The van der Waals surface area contributed by atoms with E-state index in [-0.39, 0.29) is 37.2 Å². The lowest BCUT2D eigenvalue weighted by Gasteiger charge is -2.33. The summed E-state index contributed by atoms with van der Waals surface area (Å²) in [5.41, 5.74) is -0.869. The molecule has 1 amide bonds. The maximum absolute atomic E-state index is 12.4. The van der Waals surface area contributed by atoms with E-state index in [1.807, 2.05) is 13.8 Å². The Kier molecular flexibility index (Phi) is 5.20. The maximum atomic E-state index is 12.4. The fourth-order valence-electron chi connectivity index (χ4n) is 2.68. The van der Waals surface area contributed by atoms with Gasteiger partial charge in [0.2, 0.25) is 5.56 Å². The molecule has 0 spiro atoms. The lowest BCUT2D eigenvalue weighted by Crippen LogP contribution is -2.57. The van der Waals surface area contributed by atoms with Crippen LogP contribution in [0.2, 0.25) is 0 Å². The normalized spacial score (nSPS) is 17.0. The van der Waals surface area contributed by atoms with E-state index >= 15 is 0 Å². The van der Waals surface area contributed by atoms with E-state index in [1.165, 1.54) is 6.07 Å². The number of amides is 1. The summed E-state index contributed by atoms with van der Waals surface area (Å²) in [5, 5.41) is 12.1. The van der Waals surface area contributed by atoms with Gasteiger partial charge in [0.25, 0.3) is 5.91 Å². The minimum Gasteiger partial charge on any atom is -0.480 e. The molecule has 7 heteroatoms. The fourth-order valence-corrected chi connectivity index (χ4v) is 2.68. The second kappa shape index (κ2) is 6.95. The predicted molar refractivity (Wildman–Crippen MR) is 83.5 cm³/mol. The number of pyridine rings is 1. The van der Waals surface area contributed by atoms with Crippen molar-refractivity contribution in [1.29, 1.82) is 0 Å². The number of ether oxygens (including phenoxy) is 1. The van der Waals surface area contributed by atoms with E-state index in [4.69, 9.17) is 4.74 Å². The topological polar surface area (TPSA) is 108 Å². The predicted octanol–water partition coefficient (Wildman–Crippen LogP) is 0.937. The summed E-state index contributed by atoms with van der Waals surface area (Å²) in [6, 6.07) is 2.79. The molecule has 1 aromatic heterocycles. The Balaban J connectivity index is 2.24. The molecule has 1 saturated heterocycles. The Morgan fingerprint density at radius 3 is 2.57 bits per heavy atom. The molecule has 23 heavy (non-hydrogen) atoms. The van der Waals surface area contributed by atoms with Gasteiger partial charge < -0.3 is 20.1 Å². The number of hydrogen-bond acceptors (Lipinski definition) is 4. The van der Waals surface area contributed by atoms with Crippen LogP contribution in [-0.2, 0) is 16.0 Å². The molecule has 1 aliphatic rings. The molecule has 0 aromatic carbocycles. The smallest absolute Gasteiger partial charge is 0.329 e. The minimum absolute atomic E-state index is 0.177. The minimum atomic E-state index is -1.34. The van der Waals surface area contributed by atoms with Crippen molar-refractivity contribution in [3.63, 3.8) is 0 Å². The first-order chi connectivity index (χ1) is 10.8. The highest BCUT2D eigenvalue weighted by molar-refractivity contribution is 5.97. The largest absolute Gasteiger partial charge is 0.480 e. The van der Waals surface area contributed by atoms with Gasteiger partial charge in [-0.25, -0.2) is 4.79 Å². The van der Waals surface area contributed by atoms with Crippen LogP contribution in [0.25, 0.3) is 0 Å². The summed E-state index contributed by atoms with van der Waals surface area (Å²) in [4.78, 5) is 38.5. The number of nitrogens with one attached hydrogen (secondary N) is 2. The van der Waals surface area contributed by atoms with Gasteiger partial charge >= 0.3 is 5.97 Å². The molecule has 0 bridgehead atoms. The van der Waals surface area contributed by atoms with Crippen LogP contribution in [0.1, 0.15) is 42.7 Å². The highest BCUT2D eigenvalue weighted by atomic mass is 16.5. The van der Waals surface area contributed by atoms with Crippen LogP contribution in [0.15, 0.2) is 16.9 Å². The molecule has 0 radical (unpaired) electrons. The summed E-state index contributed by atoms with van der Waals surface area (Å²) in [5.74, 6) is -1.31. The first-order valence-corrected chi connectivity index (χ1v) is 7.69. The summed E-state index contributed by atoms with van der Waals surface area (Å²) in [6.07, 6.45) is 1.04. The molecule has 7 nitrogen and oxygen atoms in total. The molecule has 0 atom stereocenters. The molecule has 0 aliphatic carbocycles. The number of rotatable bonds is 5. The number of aromatic nitrogens is 1. The van der Waals surface area contributed by atoms with E-state index < -0.39 is 17.4 Å². The van der Waals surface area contributed by atoms with Gasteiger partial charge in [0.1, 0.15) is 5.54 Å². The molecular weight excluding hydrogens is 300 g/mol. The summed E-state index contributed by atoms with van der Waals surface area (Å²) < 4.78 is 5.17. The number of carbonyl (C=O) groups excluding carboxylic acids is 1. The molecule has 2 rings (SSSR count). The van der Waals surface area contributed by atoms with E-state index in [1.54, 1.807) is 6.07 Å². The highest BCUT2D eigenvalue weighted by Crippen LogP contribution is 2.21. The van der Waals surface area contributed by atoms with Crippen LogP contribution in [0.4, 0.5) is 0 Å². The molecule has 0 saturated carbocycles. The zero-order valence-corrected chi connectivity index (χ0v) is 13.3.